The molecule has 104 valence electrons. The van der Waals surface area contributed by atoms with Gasteiger partial charge < -0.3 is 5.32 Å². The van der Waals surface area contributed by atoms with Crippen molar-refractivity contribution < 1.29 is 14.4 Å². The summed E-state index contributed by atoms with van der Waals surface area (Å²) in [6.45, 7) is 3.42. The minimum absolute atomic E-state index is 0.160. The lowest BCUT2D eigenvalue weighted by molar-refractivity contribution is -0.169. The molecule has 0 aromatic heterocycles. The van der Waals surface area contributed by atoms with Crippen LogP contribution in [0.1, 0.15) is 30.5 Å². The molecule has 1 atom stereocenters. The van der Waals surface area contributed by atoms with E-state index in [4.69, 9.17) is 4.84 Å². The molecule has 5 heteroatoms. The van der Waals surface area contributed by atoms with Gasteiger partial charge in [0.15, 0.2) is 0 Å². The van der Waals surface area contributed by atoms with Gasteiger partial charge in [-0.2, -0.15) is 0 Å². The standard InChI is InChI=1S/C14H20N2O3/c1-10-5-7-12(8-6-10)13(15-11(2)17)9-14(18)16(3)19-4/h5-8,13H,9H2,1-4H3,(H,15,17)/t13-/m1/s1. The Morgan fingerprint density at radius 3 is 2.37 bits per heavy atom. The minimum atomic E-state index is -0.344. The van der Waals surface area contributed by atoms with E-state index in [0.29, 0.717) is 0 Å². The molecule has 1 aromatic carbocycles. The van der Waals surface area contributed by atoms with Crippen LogP contribution in [0.25, 0.3) is 0 Å². The van der Waals surface area contributed by atoms with Gasteiger partial charge in [0, 0.05) is 14.0 Å². The van der Waals surface area contributed by atoms with Gasteiger partial charge in [0.05, 0.1) is 19.6 Å². The van der Waals surface area contributed by atoms with Crippen molar-refractivity contribution in [3.8, 4) is 0 Å². The van der Waals surface area contributed by atoms with Crippen molar-refractivity contribution in [3.63, 3.8) is 0 Å². The average Bonchev–Trinajstić information content (AvgIpc) is 2.37. The predicted molar refractivity (Wildman–Crippen MR) is 72.1 cm³/mol. The normalized spacial score (nSPS) is 11.8. The lowest BCUT2D eigenvalue weighted by Crippen LogP contribution is -2.33. The Morgan fingerprint density at radius 2 is 1.89 bits per heavy atom. The van der Waals surface area contributed by atoms with E-state index in [0.717, 1.165) is 16.2 Å². The molecular formula is C14H20N2O3. The molecule has 0 saturated carbocycles. The van der Waals surface area contributed by atoms with Crippen molar-refractivity contribution in [3.05, 3.63) is 35.4 Å². The zero-order valence-electron chi connectivity index (χ0n) is 11.8. The van der Waals surface area contributed by atoms with Gasteiger partial charge in [0.2, 0.25) is 11.8 Å². The van der Waals surface area contributed by atoms with Crippen LogP contribution in [0.5, 0.6) is 0 Å². The summed E-state index contributed by atoms with van der Waals surface area (Å²) in [4.78, 5) is 27.9. The topological polar surface area (TPSA) is 58.6 Å². The van der Waals surface area contributed by atoms with E-state index in [2.05, 4.69) is 5.32 Å². The van der Waals surface area contributed by atoms with Crippen molar-refractivity contribution >= 4 is 11.8 Å². The van der Waals surface area contributed by atoms with Gasteiger partial charge in [0.25, 0.3) is 0 Å². The van der Waals surface area contributed by atoms with E-state index in [1.807, 2.05) is 31.2 Å². The maximum absolute atomic E-state index is 11.9. The number of nitrogens with zero attached hydrogens (tertiary/aromatic N) is 1. The number of rotatable bonds is 5. The maximum atomic E-state index is 11.9. The summed E-state index contributed by atoms with van der Waals surface area (Å²) in [5.74, 6) is -0.361. The highest BCUT2D eigenvalue weighted by molar-refractivity contribution is 5.78. The summed E-state index contributed by atoms with van der Waals surface area (Å²) < 4.78 is 0. The average molecular weight is 264 g/mol. The Kier molecular flexibility index (Phi) is 5.51. The summed E-state index contributed by atoms with van der Waals surface area (Å²) in [6.07, 6.45) is 0.160. The monoisotopic (exact) mass is 264 g/mol. The number of hydrogen-bond donors (Lipinski definition) is 1. The molecule has 2 amide bonds. The molecule has 0 aliphatic carbocycles. The van der Waals surface area contributed by atoms with Crippen molar-refractivity contribution in [2.75, 3.05) is 14.2 Å². The number of carbonyl (C=O) groups is 2. The highest BCUT2D eigenvalue weighted by Crippen LogP contribution is 2.18. The minimum Gasteiger partial charge on any atom is -0.349 e. The fourth-order valence-corrected chi connectivity index (χ4v) is 1.70. The molecule has 0 aliphatic heterocycles. The molecule has 19 heavy (non-hydrogen) atoms. The van der Waals surface area contributed by atoms with Crippen LogP contribution in [-0.2, 0) is 14.4 Å². The predicted octanol–water partition coefficient (Wildman–Crippen LogP) is 1.58. The lowest BCUT2D eigenvalue weighted by atomic mass is 10.0. The number of nitrogens with one attached hydrogen (secondary N) is 1. The third-order valence-corrected chi connectivity index (χ3v) is 2.86. The van der Waals surface area contributed by atoms with Crippen molar-refractivity contribution in [1.29, 1.82) is 0 Å². The molecule has 0 saturated heterocycles. The second-order valence-electron chi connectivity index (χ2n) is 4.44. The Bertz CT molecular complexity index is 443. The first-order valence-electron chi connectivity index (χ1n) is 6.08. The first-order valence-corrected chi connectivity index (χ1v) is 6.08. The third-order valence-electron chi connectivity index (χ3n) is 2.86. The van der Waals surface area contributed by atoms with Crippen LogP contribution >= 0.6 is 0 Å². The summed E-state index contributed by atoms with van der Waals surface area (Å²) in [5, 5.41) is 3.94. The van der Waals surface area contributed by atoms with Gasteiger partial charge in [-0.25, -0.2) is 5.06 Å². The molecular weight excluding hydrogens is 244 g/mol. The van der Waals surface area contributed by atoms with E-state index in [1.54, 1.807) is 7.05 Å². The Morgan fingerprint density at radius 1 is 1.32 bits per heavy atom. The first-order chi connectivity index (χ1) is 8.93. The number of hydroxylamine groups is 2. The Labute approximate surface area is 113 Å². The zero-order valence-corrected chi connectivity index (χ0v) is 11.8. The summed E-state index contributed by atoms with van der Waals surface area (Å²) in [7, 11) is 2.97. The number of carbonyl (C=O) groups excluding carboxylic acids is 2. The maximum Gasteiger partial charge on any atom is 0.248 e. The molecule has 0 fully saturated rings. The molecule has 0 unspecified atom stereocenters. The number of benzene rings is 1. The molecule has 0 spiro atoms. The van der Waals surface area contributed by atoms with E-state index in [9.17, 15) is 9.59 Å². The van der Waals surface area contributed by atoms with Crippen molar-refractivity contribution in [2.45, 2.75) is 26.3 Å². The van der Waals surface area contributed by atoms with Crippen LogP contribution in [0.3, 0.4) is 0 Å². The van der Waals surface area contributed by atoms with E-state index >= 15 is 0 Å². The fraction of sp³-hybridized carbons (Fsp3) is 0.429. The first kappa shape index (κ1) is 15.2. The molecule has 5 nitrogen and oxygen atoms in total. The largest absolute Gasteiger partial charge is 0.349 e. The van der Waals surface area contributed by atoms with Gasteiger partial charge >= 0.3 is 0 Å². The number of amides is 2. The second kappa shape index (κ2) is 6.89. The molecule has 0 bridgehead atoms. The lowest BCUT2D eigenvalue weighted by Gasteiger charge is -2.21. The van der Waals surface area contributed by atoms with Crippen molar-refractivity contribution in [1.82, 2.24) is 10.4 Å². The van der Waals surface area contributed by atoms with Crippen LogP contribution in [0, 0.1) is 6.92 Å². The highest BCUT2D eigenvalue weighted by Gasteiger charge is 2.19. The molecule has 1 rings (SSSR count). The van der Waals surface area contributed by atoms with E-state index < -0.39 is 0 Å². The Balaban J connectivity index is 2.85. The second-order valence-corrected chi connectivity index (χ2v) is 4.44. The van der Waals surface area contributed by atoms with Gasteiger partial charge in [-0.3, -0.25) is 14.4 Å². The number of aryl methyl sites for hydroxylation is 1. The Hall–Kier alpha value is -1.88. The van der Waals surface area contributed by atoms with Crippen LogP contribution in [0.15, 0.2) is 24.3 Å². The zero-order chi connectivity index (χ0) is 14.4. The third kappa shape index (κ3) is 4.71. The van der Waals surface area contributed by atoms with Crippen LogP contribution in [0.2, 0.25) is 0 Å². The smallest absolute Gasteiger partial charge is 0.248 e. The van der Waals surface area contributed by atoms with Crippen molar-refractivity contribution in [2.24, 2.45) is 0 Å². The number of hydrogen-bond acceptors (Lipinski definition) is 3. The fourth-order valence-electron chi connectivity index (χ4n) is 1.70. The van der Waals surface area contributed by atoms with Gasteiger partial charge in [-0.1, -0.05) is 29.8 Å². The quantitative estimate of drug-likeness (QED) is 0.821. The molecule has 1 N–H and O–H groups in total. The molecule has 0 aliphatic rings. The molecule has 1 aromatic rings. The van der Waals surface area contributed by atoms with Gasteiger partial charge in [0.1, 0.15) is 0 Å². The van der Waals surface area contributed by atoms with Gasteiger partial charge in [-0.05, 0) is 12.5 Å². The summed E-state index contributed by atoms with van der Waals surface area (Å²) in [6, 6.07) is 7.39. The van der Waals surface area contributed by atoms with Crippen LogP contribution in [0.4, 0.5) is 0 Å². The molecule has 0 radical (unpaired) electrons. The highest BCUT2D eigenvalue weighted by atomic mass is 16.7. The van der Waals surface area contributed by atoms with Crippen LogP contribution < -0.4 is 5.32 Å². The van der Waals surface area contributed by atoms with Gasteiger partial charge in [-0.15, -0.1) is 0 Å². The summed E-state index contributed by atoms with van der Waals surface area (Å²) >= 11 is 0. The van der Waals surface area contributed by atoms with E-state index in [1.165, 1.54) is 14.0 Å². The SMILES string of the molecule is CON(C)C(=O)C[C@@H](NC(C)=O)c1ccc(C)cc1. The van der Waals surface area contributed by atoms with Crippen LogP contribution in [-0.4, -0.2) is 31.0 Å². The summed E-state index contributed by atoms with van der Waals surface area (Å²) in [5.41, 5.74) is 2.03. The van der Waals surface area contributed by atoms with E-state index in [-0.39, 0.29) is 24.3 Å². The molecule has 0 heterocycles.